The van der Waals surface area contributed by atoms with Crippen molar-refractivity contribution in [2.45, 2.75) is 6.18 Å². The number of nitrogens with zero attached hydrogens (tertiary/aromatic N) is 2. The molecule has 3 aromatic rings. The molecule has 4 rings (SSSR count). The average molecular weight is 362 g/mol. The molecular weight excluding hydrogens is 349 g/mol. The highest BCUT2D eigenvalue weighted by atomic mass is 19.4. The summed E-state index contributed by atoms with van der Waals surface area (Å²) in [6.45, 7) is 0. The predicted octanol–water partition coefficient (Wildman–Crippen LogP) is 6.53. The Morgan fingerprint density at radius 3 is 1.81 bits per heavy atom. The van der Waals surface area contributed by atoms with E-state index in [2.05, 4.69) is 0 Å². The van der Waals surface area contributed by atoms with Crippen LogP contribution in [0.15, 0.2) is 66.7 Å². The van der Waals surface area contributed by atoms with Crippen molar-refractivity contribution in [2.24, 2.45) is 0 Å². The quantitative estimate of drug-likeness (QED) is 0.385. The lowest BCUT2D eigenvalue weighted by molar-refractivity contribution is -0.137. The summed E-state index contributed by atoms with van der Waals surface area (Å²) >= 11 is 0. The van der Waals surface area contributed by atoms with Crippen molar-refractivity contribution in [3.63, 3.8) is 0 Å². The van der Waals surface area contributed by atoms with Gasteiger partial charge in [0, 0.05) is 0 Å². The molecule has 0 radical (unpaired) electrons. The maximum Gasteiger partial charge on any atom is 0.418 e. The van der Waals surface area contributed by atoms with Gasteiger partial charge in [0.25, 0.3) is 0 Å². The van der Waals surface area contributed by atoms with Gasteiger partial charge in [-0.1, -0.05) is 48.6 Å². The van der Waals surface area contributed by atoms with Gasteiger partial charge in [-0.15, -0.1) is 0 Å². The maximum atomic E-state index is 13.8. The fraction of sp³-hybridized carbons (Fsp3) is 0.0455. The van der Waals surface area contributed by atoms with Crippen LogP contribution in [0.3, 0.4) is 0 Å². The van der Waals surface area contributed by atoms with Crippen LogP contribution in [0.4, 0.5) is 30.2 Å². The zero-order valence-electron chi connectivity index (χ0n) is 14.0. The van der Waals surface area contributed by atoms with Gasteiger partial charge < -0.3 is 4.90 Å². The molecule has 0 unspecified atom stereocenters. The molecule has 0 spiro atoms. The van der Waals surface area contributed by atoms with Crippen LogP contribution in [0.5, 0.6) is 0 Å². The van der Waals surface area contributed by atoms with Gasteiger partial charge in [0.05, 0.1) is 34.3 Å². The fourth-order valence-electron chi connectivity index (χ4n) is 3.26. The molecule has 1 heterocycles. The summed E-state index contributed by atoms with van der Waals surface area (Å²) in [5.41, 5.74) is 2.04. The third-order valence-electron chi connectivity index (χ3n) is 4.47. The minimum Gasteiger partial charge on any atom is -0.309 e. The lowest BCUT2D eigenvalue weighted by atomic mass is 10.0. The normalized spacial score (nSPS) is 12.7. The summed E-state index contributed by atoms with van der Waals surface area (Å²) < 4.78 is 41.5. The molecule has 0 aromatic heterocycles. The topological polar surface area (TPSA) is 27.0 Å². The van der Waals surface area contributed by atoms with E-state index in [1.807, 2.05) is 36.4 Å². The van der Waals surface area contributed by atoms with E-state index in [4.69, 9.17) is 5.26 Å². The molecule has 27 heavy (non-hydrogen) atoms. The van der Waals surface area contributed by atoms with Gasteiger partial charge in [-0.05, 0) is 41.5 Å². The Morgan fingerprint density at radius 1 is 0.741 bits per heavy atom. The molecule has 1 aliphatic heterocycles. The van der Waals surface area contributed by atoms with Crippen molar-refractivity contribution < 1.29 is 13.2 Å². The lowest BCUT2D eigenvalue weighted by Gasteiger charge is -2.29. The van der Waals surface area contributed by atoms with E-state index in [-0.39, 0.29) is 11.3 Å². The first-order valence-corrected chi connectivity index (χ1v) is 8.26. The molecule has 1 aliphatic rings. The van der Waals surface area contributed by atoms with Crippen molar-refractivity contribution in [3.05, 3.63) is 89.0 Å². The maximum absolute atomic E-state index is 13.8. The van der Waals surface area contributed by atoms with Gasteiger partial charge in [0.1, 0.15) is 0 Å². The Morgan fingerprint density at radius 2 is 1.30 bits per heavy atom. The minimum atomic E-state index is -4.59. The average Bonchev–Trinajstić information content (AvgIpc) is 2.84. The van der Waals surface area contributed by atoms with Crippen molar-refractivity contribution in [2.75, 3.05) is 4.90 Å². The third-order valence-corrected chi connectivity index (χ3v) is 4.47. The van der Waals surface area contributed by atoms with Crippen LogP contribution >= 0.6 is 0 Å². The molecule has 0 saturated carbocycles. The van der Waals surface area contributed by atoms with Crippen LogP contribution in [0.1, 0.15) is 22.3 Å². The number of hydrogen-bond acceptors (Lipinski definition) is 2. The van der Waals surface area contributed by atoms with Gasteiger partial charge in [-0.2, -0.15) is 18.4 Å². The largest absolute Gasteiger partial charge is 0.418 e. The minimum absolute atomic E-state index is 0.00917. The number of halogens is 3. The molecule has 0 saturated heterocycles. The van der Waals surface area contributed by atoms with Crippen LogP contribution in [-0.4, -0.2) is 0 Å². The first-order valence-electron chi connectivity index (χ1n) is 8.26. The summed E-state index contributed by atoms with van der Waals surface area (Å²) in [5, 5.41) is 9.05. The molecule has 0 amide bonds. The third kappa shape index (κ3) is 2.96. The Hall–Kier alpha value is -3.52. The SMILES string of the molecule is N#Cc1ccc(N2c3ccccc3C=Cc3ccccc32)c(C(F)(F)F)c1. The van der Waals surface area contributed by atoms with Crippen LogP contribution in [0, 0.1) is 11.3 Å². The molecule has 0 fully saturated rings. The second-order valence-corrected chi connectivity index (χ2v) is 6.13. The molecule has 132 valence electrons. The molecule has 0 bridgehead atoms. The highest BCUT2D eigenvalue weighted by Crippen LogP contribution is 2.46. The first-order chi connectivity index (χ1) is 13.0. The van der Waals surface area contributed by atoms with Gasteiger partial charge in [0.15, 0.2) is 0 Å². The fourth-order valence-corrected chi connectivity index (χ4v) is 3.26. The summed E-state index contributed by atoms with van der Waals surface area (Å²) in [6, 6.07) is 20.1. The van der Waals surface area contributed by atoms with Crippen molar-refractivity contribution in [1.82, 2.24) is 0 Å². The monoisotopic (exact) mass is 362 g/mol. The van der Waals surface area contributed by atoms with Gasteiger partial charge in [0.2, 0.25) is 0 Å². The van der Waals surface area contributed by atoms with Crippen molar-refractivity contribution in [3.8, 4) is 6.07 Å². The van der Waals surface area contributed by atoms with E-state index in [9.17, 15) is 13.2 Å². The molecule has 0 atom stereocenters. The van der Waals surface area contributed by atoms with Crippen molar-refractivity contribution in [1.29, 1.82) is 5.26 Å². The summed E-state index contributed by atoms with van der Waals surface area (Å²) in [7, 11) is 0. The number of rotatable bonds is 1. The summed E-state index contributed by atoms with van der Waals surface area (Å²) in [4.78, 5) is 1.61. The second kappa shape index (κ2) is 6.33. The van der Waals surface area contributed by atoms with Crippen LogP contribution < -0.4 is 4.90 Å². The lowest BCUT2D eigenvalue weighted by Crippen LogP contribution is -2.18. The van der Waals surface area contributed by atoms with E-state index in [1.165, 1.54) is 12.1 Å². The number of nitriles is 1. The van der Waals surface area contributed by atoms with Crippen LogP contribution in [-0.2, 0) is 6.18 Å². The van der Waals surface area contributed by atoms with E-state index in [1.54, 1.807) is 35.2 Å². The number of alkyl halides is 3. The van der Waals surface area contributed by atoms with E-state index in [0.717, 1.165) is 17.2 Å². The Bertz CT molecular complexity index is 1040. The number of fused-ring (bicyclic) bond motifs is 2. The van der Waals surface area contributed by atoms with E-state index >= 15 is 0 Å². The Balaban J connectivity index is 2.05. The smallest absolute Gasteiger partial charge is 0.309 e. The highest BCUT2D eigenvalue weighted by molar-refractivity contribution is 5.93. The van der Waals surface area contributed by atoms with Gasteiger partial charge in [-0.25, -0.2) is 0 Å². The number of para-hydroxylation sites is 2. The van der Waals surface area contributed by atoms with Gasteiger partial charge in [-0.3, -0.25) is 0 Å². The highest BCUT2D eigenvalue weighted by Gasteiger charge is 2.36. The Kier molecular flexibility index (Phi) is 3.97. The van der Waals surface area contributed by atoms with Crippen LogP contribution in [0.2, 0.25) is 0 Å². The summed E-state index contributed by atoms with van der Waals surface area (Å²) in [6.07, 6.45) is -0.804. The van der Waals surface area contributed by atoms with E-state index in [0.29, 0.717) is 11.4 Å². The second-order valence-electron chi connectivity index (χ2n) is 6.13. The summed E-state index contributed by atoms with van der Waals surface area (Å²) in [5.74, 6) is 0. The first kappa shape index (κ1) is 16.9. The van der Waals surface area contributed by atoms with E-state index < -0.39 is 11.7 Å². The predicted molar refractivity (Wildman–Crippen MR) is 99.8 cm³/mol. The van der Waals surface area contributed by atoms with Crippen LogP contribution in [0.25, 0.3) is 12.2 Å². The standard InChI is InChI=1S/C22H13F3N2/c23-22(24,25)18-13-15(14-26)9-12-21(18)27-19-7-3-1-5-16(19)10-11-17-6-2-4-8-20(17)27/h1-13H. The number of hydrogen-bond donors (Lipinski definition) is 0. The molecule has 0 N–H and O–H groups in total. The number of benzene rings is 3. The number of anilines is 3. The van der Waals surface area contributed by atoms with Gasteiger partial charge >= 0.3 is 6.18 Å². The molecule has 0 aliphatic carbocycles. The molecule has 3 aromatic carbocycles. The molecule has 5 heteroatoms. The zero-order valence-corrected chi connectivity index (χ0v) is 14.0. The molecular formula is C22H13F3N2. The zero-order chi connectivity index (χ0) is 19.0. The molecule has 2 nitrogen and oxygen atoms in total. The Labute approximate surface area is 154 Å². The van der Waals surface area contributed by atoms with Crippen molar-refractivity contribution >= 4 is 29.2 Å².